The first-order valence-electron chi connectivity index (χ1n) is 8.46. The van der Waals surface area contributed by atoms with Gasteiger partial charge in [-0.3, -0.25) is 4.79 Å². The zero-order chi connectivity index (χ0) is 17.6. The van der Waals surface area contributed by atoms with Crippen molar-refractivity contribution in [2.24, 2.45) is 0 Å². The van der Waals surface area contributed by atoms with Crippen molar-refractivity contribution in [3.63, 3.8) is 0 Å². The van der Waals surface area contributed by atoms with Crippen LogP contribution >= 0.6 is 0 Å². The molecule has 0 spiro atoms. The monoisotopic (exact) mass is 341 g/mol. The Bertz CT molecular complexity index is 703. The average molecular weight is 341 g/mol. The number of benzene rings is 1. The van der Waals surface area contributed by atoms with Crippen molar-refractivity contribution in [3.05, 3.63) is 42.1 Å². The van der Waals surface area contributed by atoms with E-state index in [2.05, 4.69) is 15.2 Å². The van der Waals surface area contributed by atoms with E-state index in [1.54, 1.807) is 24.4 Å². The van der Waals surface area contributed by atoms with Gasteiger partial charge in [0.15, 0.2) is 0 Å². The summed E-state index contributed by atoms with van der Waals surface area (Å²) in [7, 11) is 3.06. The molecule has 1 aliphatic heterocycles. The van der Waals surface area contributed by atoms with Gasteiger partial charge in [-0.1, -0.05) is 6.07 Å². The highest BCUT2D eigenvalue weighted by atomic mass is 16.5. The Morgan fingerprint density at radius 3 is 2.28 bits per heavy atom. The summed E-state index contributed by atoms with van der Waals surface area (Å²) in [6, 6.07) is 9.06. The highest BCUT2D eigenvalue weighted by molar-refractivity contribution is 6.08. The number of aromatic nitrogens is 1. The van der Waals surface area contributed by atoms with Crippen LogP contribution in [0, 0.1) is 0 Å². The molecule has 1 saturated heterocycles. The number of amides is 1. The number of hydrogen-bond acceptors (Lipinski definition) is 5. The third-order valence-electron chi connectivity index (χ3n) is 4.34. The number of ether oxygens (including phenoxy) is 2. The van der Waals surface area contributed by atoms with Gasteiger partial charge in [-0.2, -0.15) is 0 Å². The summed E-state index contributed by atoms with van der Waals surface area (Å²) in [4.78, 5) is 19.4. The molecule has 0 unspecified atom stereocenters. The Balaban J connectivity index is 1.75. The van der Waals surface area contributed by atoms with E-state index in [0.29, 0.717) is 22.7 Å². The second-order valence-corrected chi connectivity index (χ2v) is 5.94. The minimum absolute atomic E-state index is 0.290. The lowest BCUT2D eigenvalue weighted by Gasteiger charge is -2.27. The van der Waals surface area contributed by atoms with Gasteiger partial charge in [-0.15, -0.1) is 0 Å². The lowest BCUT2D eigenvalue weighted by molar-refractivity contribution is 0.102. The van der Waals surface area contributed by atoms with Crippen LogP contribution in [0.4, 0.5) is 11.5 Å². The molecule has 0 radical (unpaired) electrons. The van der Waals surface area contributed by atoms with E-state index in [1.807, 2.05) is 12.1 Å². The molecular formula is C19H23N3O3. The second-order valence-electron chi connectivity index (χ2n) is 5.94. The van der Waals surface area contributed by atoms with Crippen LogP contribution < -0.4 is 19.7 Å². The number of carbonyl (C=O) groups excluding carboxylic acids is 1. The molecule has 0 bridgehead atoms. The van der Waals surface area contributed by atoms with Gasteiger partial charge in [0.25, 0.3) is 5.91 Å². The number of carbonyl (C=O) groups is 1. The van der Waals surface area contributed by atoms with Crippen molar-refractivity contribution in [1.29, 1.82) is 0 Å². The molecule has 132 valence electrons. The standard InChI is InChI=1S/C19H23N3O3/c1-24-15-7-6-8-16(25-2)18(15)19(23)21-14-9-10-17(20-13-14)22-11-4-3-5-12-22/h6-10,13H,3-5,11-12H2,1-2H3,(H,21,23). The largest absolute Gasteiger partial charge is 0.496 e. The Labute approximate surface area is 147 Å². The summed E-state index contributed by atoms with van der Waals surface area (Å²) >= 11 is 0. The van der Waals surface area contributed by atoms with E-state index in [9.17, 15) is 4.79 Å². The van der Waals surface area contributed by atoms with Crippen molar-refractivity contribution >= 4 is 17.4 Å². The van der Waals surface area contributed by atoms with E-state index >= 15 is 0 Å². The van der Waals surface area contributed by atoms with E-state index < -0.39 is 0 Å². The molecular weight excluding hydrogens is 318 g/mol. The van der Waals surface area contributed by atoms with Gasteiger partial charge in [-0.05, 0) is 43.5 Å². The van der Waals surface area contributed by atoms with Crippen molar-refractivity contribution in [2.45, 2.75) is 19.3 Å². The highest BCUT2D eigenvalue weighted by Crippen LogP contribution is 2.29. The minimum atomic E-state index is -0.290. The van der Waals surface area contributed by atoms with Crippen molar-refractivity contribution in [2.75, 3.05) is 37.5 Å². The molecule has 0 aliphatic carbocycles. The summed E-state index contributed by atoms with van der Waals surface area (Å²) in [5, 5.41) is 2.86. The highest BCUT2D eigenvalue weighted by Gasteiger charge is 2.18. The number of hydrogen-bond donors (Lipinski definition) is 1. The third kappa shape index (κ3) is 3.84. The summed E-state index contributed by atoms with van der Waals surface area (Å²) in [6.07, 6.45) is 5.37. The fourth-order valence-electron chi connectivity index (χ4n) is 3.04. The first kappa shape index (κ1) is 17.1. The summed E-state index contributed by atoms with van der Waals surface area (Å²) in [5.41, 5.74) is 1.01. The van der Waals surface area contributed by atoms with Crippen LogP contribution in [0.1, 0.15) is 29.6 Å². The maximum Gasteiger partial charge on any atom is 0.263 e. The number of piperidine rings is 1. The lowest BCUT2D eigenvalue weighted by atomic mass is 10.1. The molecule has 6 nitrogen and oxygen atoms in total. The second kappa shape index (κ2) is 7.88. The zero-order valence-corrected chi connectivity index (χ0v) is 14.6. The van der Waals surface area contributed by atoms with E-state index in [4.69, 9.17) is 9.47 Å². The average Bonchev–Trinajstić information content (AvgIpc) is 2.68. The number of anilines is 2. The van der Waals surface area contributed by atoms with Crippen LogP contribution in [-0.2, 0) is 0 Å². The van der Waals surface area contributed by atoms with Crippen LogP contribution in [0.3, 0.4) is 0 Å². The van der Waals surface area contributed by atoms with Gasteiger partial charge in [0.2, 0.25) is 0 Å². The molecule has 1 aromatic heterocycles. The first-order chi connectivity index (χ1) is 12.2. The van der Waals surface area contributed by atoms with Gasteiger partial charge in [0.1, 0.15) is 22.9 Å². The van der Waals surface area contributed by atoms with Crippen LogP contribution in [-0.4, -0.2) is 38.2 Å². The third-order valence-corrected chi connectivity index (χ3v) is 4.34. The lowest BCUT2D eigenvalue weighted by Crippen LogP contribution is -2.30. The number of methoxy groups -OCH3 is 2. The van der Waals surface area contributed by atoms with Gasteiger partial charge in [0, 0.05) is 13.1 Å². The summed E-state index contributed by atoms with van der Waals surface area (Å²) in [5.74, 6) is 1.60. The maximum atomic E-state index is 12.7. The van der Waals surface area contributed by atoms with Gasteiger partial charge in [-0.25, -0.2) is 4.98 Å². The minimum Gasteiger partial charge on any atom is -0.496 e. The first-order valence-corrected chi connectivity index (χ1v) is 8.46. The topological polar surface area (TPSA) is 63.7 Å². The SMILES string of the molecule is COc1cccc(OC)c1C(=O)Nc1ccc(N2CCCCC2)nc1. The van der Waals surface area contributed by atoms with E-state index in [-0.39, 0.29) is 5.91 Å². The molecule has 25 heavy (non-hydrogen) atoms. The zero-order valence-electron chi connectivity index (χ0n) is 14.6. The van der Waals surface area contributed by atoms with Crippen molar-refractivity contribution < 1.29 is 14.3 Å². The molecule has 1 fully saturated rings. The normalized spacial score (nSPS) is 14.1. The molecule has 1 aromatic carbocycles. The molecule has 1 N–H and O–H groups in total. The fraction of sp³-hybridized carbons (Fsp3) is 0.368. The van der Waals surface area contributed by atoms with Crippen molar-refractivity contribution in [3.8, 4) is 11.5 Å². The van der Waals surface area contributed by atoms with Gasteiger partial charge >= 0.3 is 0 Å². The molecule has 6 heteroatoms. The Hall–Kier alpha value is -2.76. The molecule has 3 rings (SSSR count). The summed E-state index contributed by atoms with van der Waals surface area (Å²) in [6.45, 7) is 2.08. The van der Waals surface area contributed by atoms with E-state index in [1.165, 1.54) is 33.5 Å². The van der Waals surface area contributed by atoms with E-state index in [0.717, 1.165) is 18.9 Å². The van der Waals surface area contributed by atoms with Crippen LogP contribution in [0.5, 0.6) is 11.5 Å². The Morgan fingerprint density at radius 1 is 1.04 bits per heavy atom. The molecule has 2 aromatic rings. The maximum absolute atomic E-state index is 12.7. The van der Waals surface area contributed by atoms with Crippen LogP contribution in [0.2, 0.25) is 0 Å². The number of nitrogens with one attached hydrogen (secondary N) is 1. The quantitative estimate of drug-likeness (QED) is 0.904. The molecule has 0 atom stereocenters. The van der Waals surface area contributed by atoms with Gasteiger partial charge in [0.05, 0.1) is 26.1 Å². The molecule has 1 aliphatic rings. The number of pyridine rings is 1. The molecule has 2 heterocycles. The number of rotatable bonds is 5. The predicted molar refractivity (Wildman–Crippen MR) is 97.8 cm³/mol. The Kier molecular flexibility index (Phi) is 5.38. The molecule has 0 saturated carbocycles. The van der Waals surface area contributed by atoms with Gasteiger partial charge < -0.3 is 19.7 Å². The van der Waals surface area contributed by atoms with Crippen LogP contribution in [0.15, 0.2) is 36.5 Å². The fourth-order valence-corrected chi connectivity index (χ4v) is 3.04. The summed E-state index contributed by atoms with van der Waals surface area (Å²) < 4.78 is 10.6. The number of nitrogens with zero attached hydrogens (tertiary/aromatic N) is 2. The predicted octanol–water partition coefficient (Wildman–Crippen LogP) is 3.34. The van der Waals surface area contributed by atoms with Crippen LogP contribution in [0.25, 0.3) is 0 Å². The van der Waals surface area contributed by atoms with Crippen molar-refractivity contribution in [1.82, 2.24) is 4.98 Å². The smallest absolute Gasteiger partial charge is 0.263 e. The molecule has 1 amide bonds. The Morgan fingerprint density at radius 2 is 1.72 bits per heavy atom.